The van der Waals surface area contributed by atoms with Crippen LogP contribution in [0.15, 0.2) is 41.3 Å². The van der Waals surface area contributed by atoms with Gasteiger partial charge < -0.3 is 0 Å². The van der Waals surface area contributed by atoms with Crippen LogP contribution >= 0.6 is 0 Å². The van der Waals surface area contributed by atoms with Gasteiger partial charge in [0.1, 0.15) is 5.82 Å². The van der Waals surface area contributed by atoms with E-state index in [0.29, 0.717) is 6.04 Å². The van der Waals surface area contributed by atoms with Gasteiger partial charge in [0.05, 0.1) is 16.9 Å². The van der Waals surface area contributed by atoms with Crippen LogP contribution < -0.4 is 5.56 Å². The summed E-state index contributed by atoms with van der Waals surface area (Å²) in [7, 11) is 2.00. The molecule has 0 spiro atoms. The summed E-state index contributed by atoms with van der Waals surface area (Å²) in [4.78, 5) is 21.1. The van der Waals surface area contributed by atoms with Crippen molar-refractivity contribution in [3.05, 3.63) is 58.4 Å². The number of benzene rings is 1. The number of aryl methyl sites for hydroxylation is 1. The molecule has 2 aromatic heterocycles. The number of hydrogen-bond donors (Lipinski definition) is 0. The normalized spacial score (nSPS) is 20.8. The molecule has 1 unspecified atom stereocenters. The van der Waals surface area contributed by atoms with Crippen LogP contribution in [0.1, 0.15) is 62.1 Å². The van der Waals surface area contributed by atoms with E-state index in [1.807, 2.05) is 42.2 Å². The number of rotatable bonds is 5. The standard InChI is InChI=1S/C23H29N5O/c1-26-17(12-14-24-26)13-16-27-15-6-11-21(27)22-25-20-10-5-4-9-19(20)23(29)28(22)18-7-2-3-8-18/h4-5,9-10,12,14,18,21H,2-3,6-8,11,13,15-16H2,1H3. The van der Waals surface area contributed by atoms with Crippen LogP contribution in [0.3, 0.4) is 0 Å². The van der Waals surface area contributed by atoms with E-state index in [2.05, 4.69) is 20.6 Å². The molecule has 29 heavy (non-hydrogen) atoms. The molecular formula is C23H29N5O. The highest BCUT2D eigenvalue weighted by Gasteiger charge is 2.32. The van der Waals surface area contributed by atoms with Gasteiger partial charge >= 0.3 is 0 Å². The lowest BCUT2D eigenvalue weighted by Crippen LogP contribution is -2.34. The largest absolute Gasteiger partial charge is 0.293 e. The van der Waals surface area contributed by atoms with Gasteiger partial charge in [-0.3, -0.25) is 18.9 Å². The highest BCUT2D eigenvalue weighted by molar-refractivity contribution is 5.77. The first-order valence-corrected chi connectivity index (χ1v) is 10.9. The summed E-state index contributed by atoms with van der Waals surface area (Å²) in [5, 5.41) is 5.04. The minimum absolute atomic E-state index is 0.149. The molecule has 0 radical (unpaired) electrons. The summed E-state index contributed by atoms with van der Waals surface area (Å²) in [6.45, 7) is 2.04. The van der Waals surface area contributed by atoms with Crippen molar-refractivity contribution in [1.29, 1.82) is 0 Å². The second kappa shape index (κ2) is 7.75. The summed E-state index contributed by atoms with van der Waals surface area (Å²) >= 11 is 0. The Kier molecular flexibility index (Phi) is 4.96. The molecule has 2 fully saturated rings. The Morgan fingerprint density at radius 1 is 1.07 bits per heavy atom. The van der Waals surface area contributed by atoms with Gasteiger partial charge in [0.15, 0.2) is 0 Å². The minimum Gasteiger partial charge on any atom is -0.293 e. The lowest BCUT2D eigenvalue weighted by Gasteiger charge is -2.28. The number of likely N-dealkylation sites (tertiary alicyclic amines) is 1. The second-order valence-corrected chi connectivity index (χ2v) is 8.49. The maximum Gasteiger partial charge on any atom is 0.261 e. The predicted octanol–water partition coefficient (Wildman–Crippen LogP) is 3.62. The van der Waals surface area contributed by atoms with E-state index < -0.39 is 0 Å². The second-order valence-electron chi connectivity index (χ2n) is 8.49. The molecule has 0 N–H and O–H groups in total. The zero-order valence-corrected chi connectivity index (χ0v) is 17.1. The SMILES string of the molecule is Cn1nccc1CCN1CCCC1c1nc2ccccc2c(=O)n1C1CCCC1. The van der Waals surface area contributed by atoms with Crippen LogP contribution in [0.5, 0.6) is 0 Å². The molecule has 5 rings (SSSR count). The Bertz CT molecular complexity index is 1060. The molecule has 6 nitrogen and oxygen atoms in total. The molecule has 1 atom stereocenters. The molecule has 1 saturated heterocycles. The predicted molar refractivity (Wildman–Crippen MR) is 114 cm³/mol. The molecule has 0 bridgehead atoms. The third-order valence-electron chi connectivity index (χ3n) is 6.76. The van der Waals surface area contributed by atoms with Gasteiger partial charge in [-0.15, -0.1) is 0 Å². The Balaban J connectivity index is 1.53. The third kappa shape index (κ3) is 3.39. The van der Waals surface area contributed by atoms with Gasteiger partial charge in [-0.05, 0) is 50.4 Å². The average Bonchev–Trinajstić information content (AvgIpc) is 3.48. The number of fused-ring (bicyclic) bond motifs is 1. The van der Waals surface area contributed by atoms with Gasteiger partial charge in [-0.2, -0.15) is 5.10 Å². The van der Waals surface area contributed by atoms with E-state index >= 15 is 0 Å². The Morgan fingerprint density at radius 3 is 2.69 bits per heavy atom. The maximum atomic E-state index is 13.5. The van der Waals surface area contributed by atoms with Crippen molar-refractivity contribution < 1.29 is 0 Å². The quantitative estimate of drug-likeness (QED) is 0.667. The van der Waals surface area contributed by atoms with Gasteiger partial charge in [0.25, 0.3) is 5.56 Å². The molecule has 1 saturated carbocycles. The van der Waals surface area contributed by atoms with E-state index in [0.717, 1.165) is 61.9 Å². The van der Waals surface area contributed by atoms with E-state index in [1.54, 1.807) is 0 Å². The topological polar surface area (TPSA) is 56.0 Å². The summed E-state index contributed by atoms with van der Waals surface area (Å²) in [5.41, 5.74) is 2.23. The van der Waals surface area contributed by atoms with Crippen LogP contribution in [-0.4, -0.2) is 37.3 Å². The first kappa shape index (κ1) is 18.6. The maximum absolute atomic E-state index is 13.5. The smallest absolute Gasteiger partial charge is 0.261 e. The van der Waals surface area contributed by atoms with E-state index in [-0.39, 0.29) is 11.6 Å². The first-order valence-electron chi connectivity index (χ1n) is 10.9. The molecular weight excluding hydrogens is 362 g/mol. The molecule has 2 aliphatic rings. The molecule has 0 amide bonds. The summed E-state index contributed by atoms with van der Waals surface area (Å²) in [6.07, 6.45) is 9.65. The number of hydrogen-bond acceptors (Lipinski definition) is 4. The number of aromatic nitrogens is 4. The number of nitrogens with zero attached hydrogens (tertiary/aromatic N) is 5. The molecule has 1 aliphatic heterocycles. The van der Waals surface area contributed by atoms with E-state index in [1.165, 1.54) is 18.5 Å². The van der Waals surface area contributed by atoms with Crippen molar-refractivity contribution in [1.82, 2.24) is 24.2 Å². The Labute approximate surface area is 171 Å². The van der Waals surface area contributed by atoms with Crippen LogP contribution in [-0.2, 0) is 13.5 Å². The fourth-order valence-corrected chi connectivity index (χ4v) is 5.20. The monoisotopic (exact) mass is 391 g/mol. The van der Waals surface area contributed by atoms with Crippen molar-refractivity contribution in [2.45, 2.75) is 57.0 Å². The molecule has 1 aromatic carbocycles. The van der Waals surface area contributed by atoms with E-state index in [4.69, 9.17) is 4.98 Å². The van der Waals surface area contributed by atoms with Gasteiger partial charge in [-0.1, -0.05) is 25.0 Å². The van der Waals surface area contributed by atoms with Gasteiger partial charge in [-0.25, -0.2) is 4.98 Å². The van der Waals surface area contributed by atoms with E-state index in [9.17, 15) is 4.79 Å². The summed E-state index contributed by atoms with van der Waals surface area (Å²) in [5.74, 6) is 0.989. The Morgan fingerprint density at radius 2 is 1.90 bits per heavy atom. The minimum atomic E-state index is 0.149. The Hall–Kier alpha value is -2.47. The first-order chi connectivity index (χ1) is 14.2. The van der Waals surface area contributed by atoms with Crippen molar-refractivity contribution in [2.75, 3.05) is 13.1 Å². The lowest BCUT2D eigenvalue weighted by molar-refractivity contribution is 0.238. The fourth-order valence-electron chi connectivity index (χ4n) is 5.20. The lowest BCUT2D eigenvalue weighted by atomic mass is 10.1. The van der Waals surface area contributed by atoms with Crippen molar-refractivity contribution >= 4 is 10.9 Å². The summed E-state index contributed by atoms with van der Waals surface area (Å²) < 4.78 is 4.02. The van der Waals surface area contributed by atoms with Crippen LogP contribution in [0.2, 0.25) is 0 Å². The van der Waals surface area contributed by atoms with Gasteiger partial charge in [0, 0.05) is 37.9 Å². The highest BCUT2D eigenvalue weighted by atomic mass is 16.1. The molecule has 152 valence electrons. The molecule has 3 heterocycles. The van der Waals surface area contributed by atoms with Crippen LogP contribution in [0.4, 0.5) is 0 Å². The molecule has 6 heteroatoms. The zero-order valence-electron chi connectivity index (χ0n) is 17.1. The third-order valence-corrected chi connectivity index (χ3v) is 6.76. The number of para-hydroxylation sites is 1. The summed E-state index contributed by atoms with van der Waals surface area (Å²) in [6, 6.07) is 10.4. The molecule has 1 aliphatic carbocycles. The molecule has 3 aromatic rings. The average molecular weight is 392 g/mol. The van der Waals surface area contributed by atoms with Crippen LogP contribution in [0, 0.1) is 0 Å². The van der Waals surface area contributed by atoms with Crippen LogP contribution in [0.25, 0.3) is 10.9 Å². The van der Waals surface area contributed by atoms with Crippen molar-refractivity contribution in [3.63, 3.8) is 0 Å². The fraction of sp³-hybridized carbons (Fsp3) is 0.522. The zero-order chi connectivity index (χ0) is 19.8. The van der Waals surface area contributed by atoms with Gasteiger partial charge in [0.2, 0.25) is 0 Å². The van der Waals surface area contributed by atoms with Crippen molar-refractivity contribution in [2.24, 2.45) is 7.05 Å². The van der Waals surface area contributed by atoms with Crippen molar-refractivity contribution in [3.8, 4) is 0 Å². The highest BCUT2D eigenvalue weighted by Crippen LogP contribution is 2.36.